The summed E-state index contributed by atoms with van der Waals surface area (Å²) in [4.78, 5) is 15.8. The van der Waals surface area contributed by atoms with Gasteiger partial charge in [0.05, 0.1) is 11.1 Å². The van der Waals surface area contributed by atoms with E-state index in [1.807, 2.05) is 0 Å². The van der Waals surface area contributed by atoms with Gasteiger partial charge >= 0.3 is 12.1 Å². The van der Waals surface area contributed by atoms with Crippen molar-refractivity contribution in [3.05, 3.63) is 47.7 Å². The molecule has 3 rings (SSSR count). The molecule has 1 saturated carbocycles. The van der Waals surface area contributed by atoms with Gasteiger partial charge in [0, 0.05) is 23.7 Å². The average molecular weight is 475 g/mol. The number of aromatic nitrogens is 1. The number of benzene rings is 1. The van der Waals surface area contributed by atoms with Gasteiger partial charge in [-0.05, 0) is 48.6 Å². The number of anilines is 1. The van der Waals surface area contributed by atoms with Crippen LogP contribution in [0.25, 0.3) is 0 Å². The number of rotatable bonds is 8. The van der Waals surface area contributed by atoms with Crippen LogP contribution in [0.3, 0.4) is 0 Å². The van der Waals surface area contributed by atoms with Crippen molar-refractivity contribution in [2.45, 2.75) is 49.6 Å². The van der Waals surface area contributed by atoms with Crippen molar-refractivity contribution in [3.8, 4) is 5.75 Å². The van der Waals surface area contributed by atoms with Crippen LogP contribution in [0.5, 0.6) is 5.75 Å². The zero-order valence-electron chi connectivity index (χ0n) is 16.6. The molecule has 1 N–H and O–H groups in total. The minimum Gasteiger partial charge on any atom is -0.478 e. The molecule has 0 spiro atoms. The van der Waals surface area contributed by atoms with Gasteiger partial charge in [0.15, 0.2) is 11.6 Å². The van der Waals surface area contributed by atoms with Gasteiger partial charge in [-0.2, -0.15) is 13.2 Å². The number of carboxylic acids is 1. The number of hydrogen-bond acceptors (Lipinski definition) is 5. The minimum absolute atomic E-state index is 0.149. The molecule has 1 aromatic carbocycles. The number of pyridine rings is 1. The second kappa shape index (κ2) is 10.5. The van der Waals surface area contributed by atoms with E-state index in [2.05, 4.69) is 4.98 Å². The van der Waals surface area contributed by atoms with Crippen molar-refractivity contribution < 1.29 is 27.4 Å². The predicted octanol–water partition coefficient (Wildman–Crippen LogP) is 6.82. The lowest BCUT2D eigenvalue weighted by molar-refractivity contribution is -0.137. The highest BCUT2D eigenvalue weighted by Crippen LogP contribution is 2.39. The third-order valence-electron chi connectivity index (χ3n) is 5.26. The van der Waals surface area contributed by atoms with E-state index < -0.39 is 17.7 Å². The van der Waals surface area contributed by atoms with Gasteiger partial charge in [-0.15, -0.1) is 0 Å². The number of hydrogen-bond donors (Lipinski definition) is 1. The van der Waals surface area contributed by atoms with Crippen molar-refractivity contribution in [2.75, 3.05) is 10.8 Å². The van der Waals surface area contributed by atoms with Crippen LogP contribution in [0.4, 0.5) is 19.0 Å². The smallest absolute Gasteiger partial charge is 0.418 e. The Morgan fingerprint density at radius 1 is 1.23 bits per heavy atom. The molecule has 31 heavy (non-hydrogen) atoms. The standard InChI is InChI=1S/C21H22ClF3N2O3S/c22-30-18-12-16(21(23,24)25)13-26-19(18)27(11-10-14-4-2-1-3-5-14)31-17-8-6-15(7-9-17)20(28)29/h6-9,12-14H,1-5,10-11H2,(H,28,29). The van der Waals surface area contributed by atoms with E-state index in [0.717, 1.165) is 36.4 Å². The number of aromatic carboxylic acids is 1. The van der Waals surface area contributed by atoms with Crippen LogP contribution in [0.1, 0.15) is 54.4 Å². The summed E-state index contributed by atoms with van der Waals surface area (Å²) in [5, 5.41) is 9.07. The molecular weight excluding hydrogens is 453 g/mol. The monoisotopic (exact) mass is 474 g/mol. The highest BCUT2D eigenvalue weighted by atomic mass is 35.5. The Morgan fingerprint density at radius 3 is 2.48 bits per heavy atom. The second-order valence-electron chi connectivity index (χ2n) is 7.44. The third-order valence-corrected chi connectivity index (χ3v) is 6.49. The van der Waals surface area contributed by atoms with Gasteiger partial charge in [-0.25, -0.2) is 9.78 Å². The van der Waals surface area contributed by atoms with Crippen LogP contribution in [-0.4, -0.2) is 22.6 Å². The van der Waals surface area contributed by atoms with E-state index in [1.165, 1.54) is 43.3 Å². The van der Waals surface area contributed by atoms with E-state index in [0.29, 0.717) is 12.5 Å². The first-order chi connectivity index (χ1) is 14.8. The highest BCUT2D eigenvalue weighted by molar-refractivity contribution is 8.00. The van der Waals surface area contributed by atoms with E-state index in [1.54, 1.807) is 16.4 Å². The molecule has 2 aromatic rings. The Labute approximate surface area is 187 Å². The van der Waals surface area contributed by atoms with Gasteiger partial charge in [-0.1, -0.05) is 32.1 Å². The Bertz CT molecular complexity index is 890. The maximum absolute atomic E-state index is 13.1. The zero-order valence-corrected chi connectivity index (χ0v) is 18.1. The fourth-order valence-corrected chi connectivity index (χ4v) is 4.64. The summed E-state index contributed by atoms with van der Waals surface area (Å²) in [6.45, 7) is 0.529. The quantitative estimate of drug-likeness (QED) is 0.424. The first kappa shape index (κ1) is 23.5. The van der Waals surface area contributed by atoms with Gasteiger partial charge < -0.3 is 9.40 Å². The molecule has 1 fully saturated rings. The lowest BCUT2D eigenvalue weighted by Crippen LogP contribution is -2.21. The van der Waals surface area contributed by atoms with E-state index in [9.17, 15) is 18.0 Å². The molecule has 0 atom stereocenters. The summed E-state index contributed by atoms with van der Waals surface area (Å²) in [7, 11) is 0. The molecule has 1 aliphatic rings. The Balaban J connectivity index is 1.86. The second-order valence-corrected chi connectivity index (χ2v) is 8.69. The van der Waals surface area contributed by atoms with Crippen molar-refractivity contribution in [3.63, 3.8) is 0 Å². The molecule has 0 aliphatic heterocycles. The van der Waals surface area contributed by atoms with Crippen molar-refractivity contribution >= 4 is 35.6 Å². The van der Waals surface area contributed by atoms with Crippen molar-refractivity contribution in [1.29, 1.82) is 0 Å². The molecule has 0 bridgehead atoms. The molecular formula is C21H22ClF3N2O3S. The fourth-order valence-electron chi connectivity index (χ4n) is 3.59. The van der Waals surface area contributed by atoms with Crippen LogP contribution in [0.15, 0.2) is 41.4 Å². The normalized spacial score (nSPS) is 15.0. The van der Waals surface area contributed by atoms with Gasteiger partial charge in [-0.3, -0.25) is 4.31 Å². The Hall–Kier alpha value is -2.13. The Kier molecular flexibility index (Phi) is 7.94. The molecule has 0 unspecified atom stereocenters. The fraction of sp³-hybridized carbons (Fsp3) is 0.429. The Morgan fingerprint density at radius 2 is 1.90 bits per heavy atom. The minimum atomic E-state index is -4.57. The van der Waals surface area contributed by atoms with Crippen LogP contribution < -0.4 is 8.59 Å². The predicted molar refractivity (Wildman–Crippen MR) is 114 cm³/mol. The zero-order chi connectivity index (χ0) is 22.4. The van der Waals surface area contributed by atoms with Crippen molar-refractivity contribution in [2.24, 2.45) is 5.92 Å². The summed E-state index contributed by atoms with van der Waals surface area (Å²) >= 11 is 6.75. The molecule has 1 aromatic heterocycles. The largest absolute Gasteiger partial charge is 0.478 e. The molecule has 168 valence electrons. The molecule has 1 heterocycles. The van der Waals surface area contributed by atoms with E-state index >= 15 is 0 Å². The molecule has 0 amide bonds. The van der Waals surface area contributed by atoms with Gasteiger partial charge in [0.25, 0.3) is 0 Å². The lowest BCUT2D eigenvalue weighted by atomic mass is 9.87. The summed E-state index contributed by atoms with van der Waals surface area (Å²) in [5.41, 5.74) is -0.800. The number of carbonyl (C=O) groups is 1. The van der Waals surface area contributed by atoms with Crippen LogP contribution in [0, 0.1) is 5.92 Å². The summed E-state index contributed by atoms with van der Waals surface area (Å²) in [6, 6.07) is 7.07. The maximum Gasteiger partial charge on any atom is 0.418 e. The molecule has 0 radical (unpaired) electrons. The number of alkyl halides is 3. The first-order valence-corrected chi connectivity index (χ1v) is 11.0. The summed E-state index contributed by atoms with van der Waals surface area (Å²) in [6.07, 6.45) is 2.90. The molecule has 10 heteroatoms. The van der Waals surface area contributed by atoms with Crippen molar-refractivity contribution in [1.82, 2.24) is 4.98 Å². The van der Waals surface area contributed by atoms with Crippen LogP contribution >= 0.6 is 23.8 Å². The van der Waals surface area contributed by atoms with Gasteiger partial charge in [0.2, 0.25) is 0 Å². The lowest BCUT2D eigenvalue weighted by Gasteiger charge is -2.27. The number of carboxylic acid groups (broad SMARTS) is 1. The summed E-state index contributed by atoms with van der Waals surface area (Å²) in [5.74, 6) is -0.491. The van der Waals surface area contributed by atoms with Crippen LogP contribution in [0.2, 0.25) is 0 Å². The topological polar surface area (TPSA) is 62.7 Å². The van der Waals surface area contributed by atoms with E-state index in [-0.39, 0.29) is 17.1 Å². The molecule has 1 aliphatic carbocycles. The van der Waals surface area contributed by atoms with E-state index in [4.69, 9.17) is 21.3 Å². The number of nitrogens with zero attached hydrogens (tertiary/aromatic N) is 2. The van der Waals surface area contributed by atoms with Crippen LogP contribution in [-0.2, 0) is 6.18 Å². The molecule has 0 saturated heterocycles. The molecule has 5 nitrogen and oxygen atoms in total. The average Bonchev–Trinajstić information content (AvgIpc) is 2.76. The summed E-state index contributed by atoms with van der Waals surface area (Å²) < 4.78 is 45.7. The highest BCUT2D eigenvalue weighted by Gasteiger charge is 2.33. The first-order valence-electron chi connectivity index (χ1n) is 9.92. The maximum atomic E-state index is 13.1. The van der Waals surface area contributed by atoms with Gasteiger partial charge in [0.1, 0.15) is 11.9 Å². The third kappa shape index (κ3) is 6.43. The number of halogens is 4. The SMILES string of the molecule is O=C(O)c1ccc(SN(CCC2CCCCC2)c2ncc(C(F)(F)F)cc2OCl)cc1.